The Balaban J connectivity index is 0.000000383. The molecular formula is C21H18ClF3N4O4. The first kappa shape index (κ1) is 24.1. The highest BCUT2D eigenvalue weighted by Gasteiger charge is 2.38. The third kappa shape index (κ3) is 5.80. The van der Waals surface area contributed by atoms with Gasteiger partial charge in [0.2, 0.25) is 0 Å². The van der Waals surface area contributed by atoms with Crippen LogP contribution in [0.25, 0.3) is 10.9 Å². The van der Waals surface area contributed by atoms with Crippen molar-refractivity contribution in [1.29, 1.82) is 0 Å². The molecule has 1 amide bonds. The number of piperazine rings is 1. The summed E-state index contributed by atoms with van der Waals surface area (Å²) in [6, 6.07) is 14.7. The second kappa shape index (κ2) is 9.90. The summed E-state index contributed by atoms with van der Waals surface area (Å²) < 4.78 is 31.7. The van der Waals surface area contributed by atoms with Crippen molar-refractivity contribution in [2.24, 2.45) is 0 Å². The molecule has 0 radical (unpaired) electrons. The van der Waals surface area contributed by atoms with Crippen LogP contribution < -0.4 is 10.5 Å². The maximum absolute atomic E-state index is 12.8. The number of carbonyl (C=O) groups is 2. The van der Waals surface area contributed by atoms with Crippen LogP contribution in [0.3, 0.4) is 0 Å². The van der Waals surface area contributed by atoms with Gasteiger partial charge in [0, 0.05) is 26.2 Å². The van der Waals surface area contributed by atoms with Crippen LogP contribution in [0.4, 0.5) is 18.9 Å². The minimum Gasteiger partial charge on any atom is -0.475 e. The zero-order valence-electron chi connectivity index (χ0n) is 17.0. The number of nitrogens with zero attached hydrogens (tertiary/aromatic N) is 3. The van der Waals surface area contributed by atoms with E-state index in [1.807, 2.05) is 24.3 Å². The molecule has 0 atom stereocenters. The highest BCUT2D eigenvalue weighted by molar-refractivity contribution is 6.33. The summed E-state index contributed by atoms with van der Waals surface area (Å²) in [5.74, 6) is -2.93. The van der Waals surface area contributed by atoms with Gasteiger partial charge < -0.3 is 19.9 Å². The Morgan fingerprint density at radius 1 is 1.00 bits per heavy atom. The number of carboxylic acid groups (broad SMARTS) is 1. The molecule has 1 aliphatic rings. The van der Waals surface area contributed by atoms with Crippen molar-refractivity contribution in [2.45, 2.75) is 6.18 Å². The number of alkyl halides is 3. The van der Waals surface area contributed by atoms with Crippen LogP contribution in [0.15, 0.2) is 53.3 Å². The number of aromatic amines is 1. The third-order valence-corrected chi connectivity index (χ3v) is 5.14. The molecule has 2 heterocycles. The molecule has 12 heteroatoms. The van der Waals surface area contributed by atoms with Crippen molar-refractivity contribution >= 4 is 40.1 Å². The summed E-state index contributed by atoms with van der Waals surface area (Å²) in [5.41, 5.74) is 1.20. The lowest BCUT2D eigenvalue weighted by molar-refractivity contribution is -0.192. The van der Waals surface area contributed by atoms with Gasteiger partial charge in [0.05, 0.1) is 21.6 Å². The molecule has 0 bridgehead atoms. The zero-order valence-corrected chi connectivity index (χ0v) is 17.7. The fraction of sp³-hybridized carbons (Fsp3) is 0.238. The quantitative estimate of drug-likeness (QED) is 0.581. The van der Waals surface area contributed by atoms with E-state index in [1.165, 1.54) is 0 Å². The molecule has 0 unspecified atom stereocenters. The molecule has 3 aromatic rings. The smallest absolute Gasteiger partial charge is 0.475 e. The molecular weight excluding hydrogens is 465 g/mol. The lowest BCUT2D eigenvalue weighted by Crippen LogP contribution is -2.49. The SMILES string of the molecule is O=C(O)C(F)(F)F.O=C(c1nc2ccccc2c(=O)[nH]1)N1CCN(c2ccccc2Cl)CC1. The molecule has 1 aromatic heterocycles. The van der Waals surface area contributed by atoms with Crippen LogP contribution >= 0.6 is 11.6 Å². The van der Waals surface area contributed by atoms with Crippen molar-refractivity contribution in [1.82, 2.24) is 14.9 Å². The van der Waals surface area contributed by atoms with Gasteiger partial charge in [0.15, 0.2) is 5.82 Å². The topological polar surface area (TPSA) is 107 Å². The number of anilines is 1. The number of aromatic nitrogens is 2. The molecule has 1 aliphatic heterocycles. The molecule has 4 rings (SSSR count). The maximum atomic E-state index is 12.8. The molecule has 174 valence electrons. The second-order valence-corrected chi connectivity index (χ2v) is 7.37. The minimum atomic E-state index is -5.08. The lowest BCUT2D eigenvalue weighted by Gasteiger charge is -2.36. The van der Waals surface area contributed by atoms with Crippen LogP contribution in [0.5, 0.6) is 0 Å². The van der Waals surface area contributed by atoms with E-state index < -0.39 is 12.1 Å². The van der Waals surface area contributed by atoms with Crippen LogP contribution in [0.2, 0.25) is 5.02 Å². The molecule has 0 aliphatic carbocycles. The Labute approximate surface area is 190 Å². The van der Waals surface area contributed by atoms with Crippen LogP contribution in [0.1, 0.15) is 10.6 Å². The number of aliphatic carboxylic acids is 1. The van der Waals surface area contributed by atoms with Gasteiger partial charge in [-0.1, -0.05) is 35.9 Å². The van der Waals surface area contributed by atoms with Crippen LogP contribution in [-0.2, 0) is 4.79 Å². The molecule has 1 saturated heterocycles. The number of hydrogen-bond donors (Lipinski definition) is 2. The number of benzene rings is 2. The Bertz CT molecular complexity index is 1220. The number of fused-ring (bicyclic) bond motifs is 1. The van der Waals surface area contributed by atoms with Gasteiger partial charge in [-0.15, -0.1) is 0 Å². The first-order valence-electron chi connectivity index (χ1n) is 9.66. The second-order valence-electron chi connectivity index (χ2n) is 6.97. The standard InChI is InChI=1S/C19H17ClN4O2.C2HF3O2/c20-14-6-2-4-8-16(14)23-9-11-24(12-10-23)19(26)17-21-15-7-3-1-5-13(15)18(25)22-17;3-2(4,5)1(6)7/h1-8H,9-12H2,(H,21,22,25);(H,6,7). The Kier molecular flexibility index (Phi) is 7.22. The van der Waals surface area contributed by atoms with Gasteiger partial charge in [0.25, 0.3) is 11.5 Å². The predicted molar refractivity (Wildman–Crippen MR) is 116 cm³/mol. The Morgan fingerprint density at radius 2 is 1.58 bits per heavy atom. The van der Waals surface area contributed by atoms with E-state index in [4.69, 9.17) is 21.5 Å². The maximum Gasteiger partial charge on any atom is 0.490 e. The summed E-state index contributed by atoms with van der Waals surface area (Å²) in [4.78, 5) is 44.6. The monoisotopic (exact) mass is 482 g/mol. The zero-order chi connectivity index (χ0) is 24.2. The molecule has 0 spiro atoms. The number of carbonyl (C=O) groups excluding carboxylic acids is 1. The van der Waals surface area contributed by atoms with Gasteiger partial charge in [-0.25, -0.2) is 9.78 Å². The molecule has 33 heavy (non-hydrogen) atoms. The molecule has 8 nitrogen and oxygen atoms in total. The van der Waals surface area contributed by atoms with Crippen molar-refractivity contribution in [3.05, 3.63) is 69.7 Å². The summed E-state index contributed by atoms with van der Waals surface area (Å²) >= 11 is 6.25. The van der Waals surface area contributed by atoms with Crippen LogP contribution in [-0.4, -0.2) is 64.2 Å². The van der Waals surface area contributed by atoms with Crippen molar-refractivity contribution in [3.8, 4) is 0 Å². The first-order chi connectivity index (χ1) is 15.6. The van der Waals surface area contributed by atoms with Gasteiger partial charge in [-0.3, -0.25) is 9.59 Å². The van der Waals surface area contributed by atoms with E-state index in [-0.39, 0.29) is 17.3 Å². The normalized spacial score (nSPS) is 13.9. The van der Waals surface area contributed by atoms with E-state index >= 15 is 0 Å². The van der Waals surface area contributed by atoms with E-state index in [0.29, 0.717) is 42.1 Å². The average molecular weight is 483 g/mol. The lowest BCUT2D eigenvalue weighted by atomic mass is 10.2. The van der Waals surface area contributed by atoms with E-state index in [1.54, 1.807) is 29.2 Å². The average Bonchev–Trinajstić information content (AvgIpc) is 2.79. The number of amides is 1. The Hall–Kier alpha value is -3.60. The van der Waals surface area contributed by atoms with Gasteiger partial charge >= 0.3 is 12.1 Å². The molecule has 2 N–H and O–H groups in total. The fourth-order valence-corrected chi connectivity index (χ4v) is 3.45. The number of nitrogens with one attached hydrogen (secondary N) is 1. The van der Waals surface area contributed by atoms with Crippen LogP contribution in [0, 0.1) is 0 Å². The summed E-state index contributed by atoms with van der Waals surface area (Å²) in [6.45, 7) is 2.43. The van der Waals surface area contributed by atoms with Gasteiger partial charge in [0.1, 0.15) is 0 Å². The van der Waals surface area contributed by atoms with E-state index in [0.717, 1.165) is 5.69 Å². The summed E-state index contributed by atoms with van der Waals surface area (Å²) in [7, 11) is 0. The van der Waals surface area contributed by atoms with E-state index in [9.17, 15) is 22.8 Å². The fourth-order valence-electron chi connectivity index (χ4n) is 3.20. The minimum absolute atomic E-state index is 0.0832. The predicted octanol–water partition coefficient (Wildman–Crippen LogP) is 3.17. The molecule has 2 aromatic carbocycles. The van der Waals surface area contributed by atoms with Crippen molar-refractivity contribution < 1.29 is 27.9 Å². The first-order valence-corrected chi connectivity index (χ1v) is 10.0. The number of para-hydroxylation sites is 2. The number of H-pyrrole nitrogens is 1. The Morgan fingerprint density at radius 3 is 2.18 bits per heavy atom. The van der Waals surface area contributed by atoms with Gasteiger partial charge in [-0.2, -0.15) is 13.2 Å². The van der Waals surface area contributed by atoms with Crippen molar-refractivity contribution in [2.75, 3.05) is 31.1 Å². The number of halogens is 4. The third-order valence-electron chi connectivity index (χ3n) is 4.82. The van der Waals surface area contributed by atoms with E-state index in [2.05, 4.69) is 14.9 Å². The number of rotatable bonds is 2. The van der Waals surface area contributed by atoms with Crippen molar-refractivity contribution in [3.63, 3.8) is 0 Å². The highest BCUT2D eigenvalue weighted by atomic mass is 35.5. The summed E-state index contributed by atoms with van der Waals surface area (Å²) in [6.07, 6.45) is -5.08. The highest BCUT2D eigenvalue weighted by Crippen LogP contribution is 2.26. The number of carboxylic acids is 1. The number of hydrogen-bond acceptors (Lipinski definition) is 5. The largest absolute Gasteiger partial charge is 0.490 e. The molecule has 1 fully saturated rings. The van der Waals surface area contributed by atoms with Gasteiger partial charge in [-0.05, 0) is 24.3 Å². The summed E-state index contributed by atoms with van der Waals surface area (Å²) in [5, 5.41) is 8.31. The molecule has 0 saturated carbocycles.